The minimum atomic E-state index is -5.32. The number of rotatable bonds is 11. The first-order valence-corrected chi connectivity index (χ1v) is 11.7. The number of carboxylic acid groups (broad SMARTS) is 2. The lowest BCUT2D eigenvalue weighted by Crippen LogP contribution is -2.65. The van der Waals surface area contributed by atoms with Gasteiger partial charge in [-0.1, -0.05) is 0 Å². The summed E-state index contributed by atoms with van der Waals surface area (Å²) in [7, 11) is -15.8. The Balaban J connectivity index is 6.60. The van der Waals surface area contributed by atoms with Gasteiger partial charge in [-0.15, -0.1) is 0 Å². The lowest BCUT2D eigenvalue weighted by molar-refractivity contribution is -0.159. The third kappa shape index (κ3) is 7.91. The van der Waals surface area contributed by atoms with Gasteiger partial charge >= 0.3 is 34.7 Å². The number of aliphatic carboxylic acids is 2. The lowest BCUT2D eigenvalue weighted by atomic mass is 9.99. The molecule has 0 aliphatic rings. The van der Waals surface area contributed by atoms with Crippen LogP contribution in [0, 0.1) is 0 Å². The van der Waals surface area contributed by atoms with E-state index in [0.29, 0.717) is 0 Å². The zero-order valence-electron chi connectivity index (χ0n) is 12.8. The Labute approximate surface area is 145 Å². The van der Waals surface area contributed by atoms with Crippen molar-refractivity contribution < 1.29 is 68.0 Å². The van der Waals surface area contributed by atoms with Crippen molar-refractivity contribution in [1.29, 1.82) is 0 Å². The highest BCUT2D eigenvalue weighted by Crippen LogP contribution is 2.46. The largest absolute Gasteiger partial charge is 0.480 e. The topological polar surface area (TPSA) is 271 Å². The van der Waals surface area contributed by atoms with Crippen molar-refractivity contribution >= 4 is 34.7 Å². The van der Waals surface area contributed by atoms with Crippen molar-refractivity contribution in [3.05, 3.63) is 0 Å². The SMILES string of the molecule is O=C(O)C(CP(=O)(O)O)N(CP(=O)(O)O)C(CO)(CP(=O)(O)O)C(=O)O. The zero-order chi connectivity index (χ0) is 21.1. The number of carbonyl (C=O) groups is 2. The van der Waals surface area contributed by atoms with Crippen LogP contribution in [-0.2, 0) is 23.3 Å². The molecule has 0 aliphatic heterocycles. The number of hydrogen-bond donors (Lipinski definition) is 9. The van der Waals surface area contributed by atoms with Gasteiger partial charge in [-0.3, -0.25) is 28.2 Å². The molecule has 2 atom stereocenters. The fourth-order valence-electron chi connectivity index (χ4n) is 2.10. The predicted octanol–water partition coefficient (Wildman–Crippen LogP) is -2.95. The van der Waals surface area contributed by atoms with Crippen LogP contribution in [0.5, 0.6) is 0 Å². The van der Waals surface area contributed by atoms with Gasteiger partial charge in [-0.25, -0.2) is 0 Å². The third-order valence-corrected chi connectivity index (χ3v) is 5.52. The minimum Gasteiger partial charge on any atom is -0.480 e. The molecule has 0 aromatic heterocycles. The van der Waals surface area contributed by atoms with Crippen molar-refractivity contribution in [2.75, 3.05) is 25.2 Å². The quantitative estimate of drug-likeness (QED) is 0.144. The van der Waals surface area contributed by atoms with Gasteiger partial charge in [0.1, 0.15) is 12.3 Å². The minimum absolute atomic E-state index is 0.226. The van der Waals surface area contributed by atoms with E-state index in [1.165, 1.54) is 0 Å². The van der Waals surface area contributed by atoms with Crippen LogP contribution >= 0.6 is 22.8 Å². The van der Waals surface area contributed by atoms with Crippen molar-refractivity contribution in [3.8, 4) is 0 Å². The second-order valence-electron chi connectivity index (χ2n) is 5.29. The van der Waals surface area contributed by atoms with Crippen LogP contribution < -0.4 is 0 Å². The summed E-state index contributed by atoms with van der Waals surface area (Å²) >= 11 is 0. The van der Waals surface area contributed by atoms with Gasteiger partial charge < -0.3 is 44.7 Å². The third-order valence-electron chi connectivity index (χ3n) is 3.09. The first-order valence-electron chi connectivity index (χ1n) is 6.32. The van der Waals surface area contributed by atoms with Crippen LogP contribution in [0.15, 0.2) is 0 Å². The van der Waals surface area contributed by atoms with E-state index >= 15 is 0 Å². The van der Waals surface area contributed by atoms with Gasteiger partial charge in [-0.2, -0.15) is 0 Å². The molecule has 0 aromatic rings. The highest BCUT2D eigenvalue weighted by molar-refractivity contribution is 7.52. The van der Waals surface area contributed by atoms with Gasteiger partial charge in [0.15, 0.2) is 5.54 Å². The fourth-order valence-corrected chi connectivity index (χ4v) is 4.86. The Hall–Kier alpha value is -0.690. The summed E-state index contributed by atoms with van der Waals surface area (Å²) < 4.78 is 33.7. The molecular weight excluding hydrogens is 427 g/mol. The van der Waals surface area contributed by atoms with Crippen LogP contribution in [0.4, 0.5) is 0 Å². The van der Waals surface area contributed by atoms with Crippen LogP contribution in [0.25, 0.3) is 0 Å². The second-order valence-corrected chi connectivity index (χ2v) is 10.2. The summed E-state index contributed by atoms with van der Waals surface area (Å²) in [5, 5.41) is 27.8. The maximum Gasteiger partial charge on any atom is 0.339 e. The molecule has 2 unspecified atom stereocenters. The number of nitrogens with zero attached hydrogens (tertiary/aromatic N) is 1. The molecule has 0 rings (SSSR count). The molecule has 0 fully saturated rings. The molecule has 26 heavy (non-hydrogen) atoms. The molecule has 9 N–H and O–H groups in total. The average Bonchev–Trinajstić information content (AvgIpc) is 2.36. The molecule has 0 amide bonds. The van der Waals surface area contributed by atoms with E-state index in [-0.39, 0.29) is 4.90 Å². The van der Waals surface area contributed by atoms with E-state index in [2.05, 4.69) is 0 Å². The lowest BCUT2D eigenvalue weighted by Gasteiger charge is -2.42. The molecule has 18 heteroatoms. The fraction of sp³-hybridized carbons (Fsp3) is 0.750. The Morgan fingerprint density at radius 1 is 0.885 bits per heavy atom. The molecule has 0 aromatic carbocycles. The van der Waals surface area contributed by atoms with E-state index in [1.54, 1.807) is 0 Å². The van der Waals surface area contributed by atoms with Gasteiger partial charge in [0.05, 0.1) is 18.9 Å². The molecule has 0 spiro atoms. The molecule has 0 heterocycles. The first kappa shape index (κ1) is 25.3. The highest BCUT2D eigenvalue weighted by Gasteiger charge is 2.54. The van der Waals surface area contributed by atoms with E-state index in [4.69, 9.17) is 34.5 Å². The van der Waals surface area contributed by atoms with E-state index < -0.39 is 71.5 Å². The van der Waals surface area contributed by atoms with Crippen LogP contribution in [0.1, 0.15) is 0 Å². The van der Waals surface area contributed by atoms with Crippen LogP contribution in [-0.4, -0.2) is 98.3 Å². The van der Waals surface area contributed by atoms with E-state index in [0.717, 1.165) is 0 Å². The van der Waals surface area contributed by atoms with Gasteiger partial charge in [0.25, 0.3) is 0 Å². The average molecular weight is 445 g/mol. The normalized spacial score (nSPS) is 16.9. The smallest absolute Gasteiger partial charge is 0.339 e. The summed E-state index contributed by atoms with van der Waals surface area (Å²) in [6.45, 7) is -1.72. The Morgan fingerprint density at radius 2 is 1.35 bits per heavy atom. The number of aliphatic hydroxyl groups is 1. The summed E-state index contributed by atoms with van der Waals surface area (Å²) in [6, 6.07) is -2.60. The molecule has 15 nitrogen and oxygen atoms in total. The number of carboxylic acids is 2. The molecule has 0 aliphatic carbocycles. The number of hydrogen-bond acceptors (Lipinski definition) is 7. The monoisotopic (exact) mass is 445 g/mol. The van der Waals surface area contributed by atoms with Crippen molar-refractivity contribution in [2.24, 2.45) is 0 Å². The highest BCUT2D eigenvalue weighted by atomic mass is 31.2. The molecule has 0 radical (unpaired) electrons. The van der Waals surface area contributed by atoms with Crippen LogP contribution in [0.2, 0.25) is 0 Å². The van der Waals surface area contributed by atoms with Gasteiger partial charge in [0, 0.05) is 0 Å². The first-order chi connectivity index (χ1) is 11.3. The summed E-state index contributed by atoms with van der Waals surface area (Å²) in [6.07, 6.45) is -5.19. The molecule has 154 valence electrons. The maximum atomic E-state index is 11.6. The molecule has 0 saturated carbocycles. The van der Waals surface area contributed by atoms with Gasteiger partial charge in [-0.05, 0) is 0 Å². The summed E-state index contributed by atoms with van der Waals surface area (Å²) in [4.78, 5) is 76.8. The molecule has 0 saturated heterocycles. The Kier molecular flexibility index (Phi) is 8.32. The number of aliphatic hydroxyl groups excluding tert-OH is 1. The Morgan fingerprint density at radius 3 is 1.58 bits per heavy atom. The van der Waals surface area contributed by atoms with Crippen molar-refractivity contribution in [1.82, 2.24) is 4.90 Å². The molecular formula is C8H18NO14P3. The molecule has 0 bridgehead atoms. The van der Waals surface area contributed by atoms with Gasteiger partial charge in [0.2, 0.25) is 0 Å². The maximum absolute atomic E-state index is 11.6. The van der Waals surface area contributed by atoms with E-state index in [9.17, 15) is 33.5 Å². The standard InChI is InChI=1S/C8H18NO14P3/c10-2-8(7(13)14,3-25(18,19)20)9(4-26(21,22)23)5(6(11)12)1-24(15,16)17/h5,10H,1-4H2,(H,11,12)(H,13,14)(H2,15,16,17)(H2,18,19,20)(H2,21,22,23). The summed E-state index contributed by atoms with van der Waals surface area (Å²) in [5.41, 5.74) is -3.25. The van der Waals surface area contributed by atoms with Crippen LogP contribution in [0.3, 0.4) is 0 Å². The van der Waals surface area contributed by atoms with Crippen molar-refractivity contribution in [2.45, 2.75) is 11.6 Å². The second kappa shape index (κ2) is 8.55. The zero-order valence-corrected chi connectivity index (χ0v) is 15.4. The predicted molar refractivity (Wildman–Crippen MR) is 81.4 cm³/mol. The van der Waals surface area contributed by atoms with Crippen molar-refractivity contribution in [3.63, 3.8) is 0 Å². The summed E-state index contributed by atoms with van der Waals surface area (Å²) in [5.74, 6) is -4.42. The van der Waals surface area contributed by atoms with E-state index in [1.807, 2.05) is 0 Å². The Bertz CT molecular complexity index is 676.